The van der Waals surface area contributed by atoms with E-state index in [1.165, 1.54) is 6.08 Å². The number of ether oxygens (including phenoxy) is 1. The van der Waals surface area contributed by atoms with Gasteiger partial charge in [-0.25, -0.2) is 0 Å². The number of hydrogen-bond donors (Lipinski definition) is 2. The van der Waals surface area contributed by atoms with Gasteiger partial charge in [-0.2, -0.15) is 0 Å². The van der Waals surface area contributed by atoms with E-state index in [1.54, 1.807) is 37.5 Å². The molecule has 0 aliphatic rings. The molecule has 2 rings (SSSR count). The summed E-state index contributed by atoms with van der Waals surface area (Å²) in [5, 5.41) is 5.59. The highest BCUT2D eigenvalue weighted by Gasteiger charge is 2.04. The van der Waals surface area contributed by atoms with Gasteiger partial charge in [0.25, 0.3) is 0 Å². The van der Waals surface area contributed by atoms with E-state index in [0.29, 0.717) is 23.5 Å². The lowest BCUT2D eigenvalue weighted by Crippen LogP contribution is -2.12. The van der Waals surface area contributed by atoms with Crippen molar-refractivity contribution in [3.63, 3.8) is 0 Å². The summed E-state index contributed by atoms with van der Waals surface area (Å²) in [4.78, 5) is 23.8. The molecule has 0 atom stereocenters. The van der Waals surface area contributed by atoms with Crippen LogP contribution in [-0.4, -0.2) is 18.9 Å². The second-order valence-corrected chi connectivity index (χ2v) is 6.50. The van der Waals surface area contributed by atoms with Gasteiger partial charge in [-0.15, -0.1) is 0 Å². The van der Waals surface area contributed by atoms with Gasteiger partial charge < -0.3 is 15.4 Å². The van der Waals surface area contributed by atoms with Crippen molar-refractivity contribution in [1.29, 1.82) is 0 Å². The van der Waals surface area contributed by atoms with Crippen LogP contribution in [0.25, 0.3) is 6.08 Å². The molecule has 2 N–H and O–H groups in total. The first-order valence-corrected chi connectivity index (χ1v) is 9.03. The Balaban J connectivity index is 2.04. The SMILES string of the molecule is CCCC(=O)Nc1cccc(NC(=O)/C=C/c2cc(Br)ccc2OC)c1. The lowest BCUT2D eigenvalue weighted by atomic mass is 10.2. The summed E-state index contributed by atoms with van der Waals surface area (Å²) < 4.78 is 6.18. The number of rotatable bonds is 7. The van der Waals surface area contributed by atoms with Crippen LogP contribution in [0, 0.1) is 0 Å². The Labute approximate surface area is 161 Å². The third-order valence-electron chi connectivity index (χ3n) is 3.50. The van der Waals surface area contributed by atoms with Crippen LogP contribution in [-0.2, 0) is 9.59 Å². The summed E-state index contributed by atoms with van der Waals surface area (Å²) in [5.41, 5.74) is 2.05. The Morgan fingerprint density at radius 1 is 1.12 bits per heavy atom. The van der Waals surface area contributed by atoms with Crippen molar-refractivity contribution in [2.45, 2.75) is 19.8 Å². The maximum Gasteiger partial charge on any atom is 0.248 e. The molecule has 2 aromatic rings. The third kappa shape index (κ3) is 6.04. The molecule has 2 amide bonds. The van der Waals surface area contributed by atoms with Crippen LogP contribution < -0.4 is 15.4 Å². The van der Waals surface area contributed by atoms with Gasteiger partial charge in [-0.1, -0.05) is 28.9 Å². The second kappa shape index (κ2) is 9.77. The first-order valence-electron chi connectivity index (χ1n) is 8.24. The van der Waals surface area contributed by atoms with Crippen LogP contribution in [0.4, 0.5) is 11.4 Å². The average Bonchev–Trinajstić information content (AvgIpc) is 2.60. The maximum atomic E-state index is 12.2. The van der Waals surface area contributed by atoms with Crippen LogP contribution >= 0.6 is 15.9 Å². The van der Waals surface area contributed by atoms with Gasteiger partial charge in [0.05, 0.1) is 7.11 Å². The summed E-state index contributed by atoms with van der Waals surface area (Å²) in [5.74, 6) is 0.361. The van der Waals surface area contributed by atoms with Crippen molar-refractivity contribution in [2.24, 2.45) is 0 Å². The molecule has 6 heteroatoms. The highest BCUT2D eigenvalue weighted by atomic mass is 79.9. The van der Waals surface area contributed by atoms with E-state index in [4.69, 9.17) is 4.74 Å². The van der Waals surface area contributed by atoms with Gasteiger partial charge in [0.2, 0.25) is 11.8 Å². The van der Waals surface area contributed by atoms with Crippen molar-refractivity contribution in [2.75, 3.05) is 17.7 Å². The number of benzene rings is 2. The lowest BCUT2D eigenvalue weighted by Gasteiger charge is -2.08. The van der Waals surface area contributed by atoms with Gasteiger partial charge in [0, 0.05) is 33.9 Å². The van der Waals surface area contributed by atoms with Gasteiger partial charge >= 0.3 is 0 Å². The number of hydrogen-bond acceptors (Lipinski definition) is 3. The summed E-state index contributed by atoms with van der Waals surface area (Å²) in [6, 6.07) is 12.6. The topological polar surface area (TPSA) is 67.4 Å². The van der Waals surface area contributed by atoms with E-state index >= 15 is 0 Å². The summed E-state index contributed by atoms with van der Waals surface area (Å²) in [6.45, 7) is 1.95. The quantitative estimate of drug-likeness (QED) is 0.633. The molecule has 0 saturated carbocycles. The largest absolute Gasteiger partial charge is 0.496 e. The van der Waals surface area contributed by atoms with Crippen molar-refractivity contribution in [3.05, 3.63) is 58.6 Å². The first-order chi connectivity index (χ1) is 12.5. The minimum absolute atomic E-state index is 0.0439. The molecule has 0 heterocycles. The number of carbonyl (C=O) groups excluding carboxylic acids is 2. The summed E-state index contributed by atoms with van der Waals surface area (Å²) in [6.07, 6.45) is 4.37. The fourth-order valence-corrected chi connectivity index (χ4v) is 2.69. The Morgan fingerprint density at radius 2 is 1.85 bits per heavy atom. The normalized spacial score (nSPS) is 10.6. The molecule has 2 aromatic carbocycles. The van der Waals surface area contributed by atoms with Crippen molar-refractivity contribution in [3.8, 4) is 5.75 Å². The third-order valence-corrected chi connectivity index (χ3v) is 3.99. The second-order valence-electron chi connectivity index (χ2n) is 5.59. The number of methoxy groups -OCH3 is 1. The predicted molar refractivity (Wildman–Crippen MR) is 108 cm³/mol. The molecule has 0 aromatic heterocycles. The Bertz CT molecular complexity index is 818. The molecular formula is C20H21BrN2O3. The fourth-order valence-electron chi connectivity index (χ4n) is 2.31. The lowest BCUT2D eigenvalue weighted by molar-refractivity contribution is -0.116. The van der Waals surface area contributed by atoms with E-state index in [1.807, 2.05) is 25.1 Å². The highest BCUT2D eigenvalue weighted by molar-refractivity contribution is 9.10. The van der Waals surface area contributed by atoms with Gasteiger partial charge in [-0.3, -0.25) is 9.59 Å². The molecule has 0 unspecified atom stereocenters. The molecule has 26 heavy (non-hydrogen) atoms. The number of amides is 2. The van der Waals surface area contributed by atoms with Crippen LogP contribution in [0.15, 0.2) is 53.0 Å². The zero-order chi connectivity index (χ0) is 18.9. The molecule has 0 radical (unpaired) electrons. The molecular weight excluding hydrogens is 396 g/mol. The summed E-state index contributed by atoms with van der Waals surface area (Å²) in [7, 11) is 1.58. The molecule has 0 aliphatic carbocycles. The molecule has 0 aliphatic heterocycles. The highest BCUT2D eigenvalue weighted by Crippen LogP contribution is 2.24. The number of carbonyl (C=O) groups is 2. The van der Waals surface area contributed by atoms with Crippen molar-refractivity contribution in [1.82, 2.24) is 0 Å². The predicted octanol–water partition coefficient (Wildman–Crippen LogP) is 4.85. The van der Waals surface area contributed by atoms with Crippen molar-refractivity contribution >= 4 is 45.2 Å². The zero-order valence-corrected chi connectivity index (χ0v) is 16.3. The molecule has 136 valence electrons. The Morgan fingerprint density at radius 3 is 2.54 bits per heavy atom. The van der Waals surface area contributed by atoms with E-state index in [2.05, 4.69) is 26.6 Å². The minimum atomic E-state index is -0.274. The molecule has 0 spiro atoms. The summed E-state index contributed by atoms with van der Waals surface area (Å²) >= 11 is 3.40. The smallest absolute Gasteiger partial charge is 0.248 e. The Hall–Kier alpha value is -2.60. The van der Waals surface area contributed by atoms with E-state index in [9.17, 15) is 9.59 Å². The minimum Gasteiger partial charge on any atom is -0.496 e. The van der Waals surface area contributed by atoms with Crippen LogP contribution in [0.3, 0.4) is 0 Å². The average molecular weight is 417 g/mol. The fraction of sp³-hybridized carbons (Fsp3) is 0.200. The van der Waals surface area contributed by atoms with Gasteiger partial charge in [0.15, 0.2) is 0 Å². The number of nitrogens with one attached hydrogen (secondary N) is 2. The van der Waals surface area contributed by atoms with E-state index < -0.39 is 0 Å². The molecule has 0 saturated heterocycles. The molecule has 0 fully saturated rings. The molecule has 0 bridgehead atoms. The maximum absolute atomic E-state index is 12.2. The number of anilines is 2. The van der Waals surface area contributed by atoms with Crippen molar-refractivity contribution < 1.29 is 14.3 Å². The van der Waals surface area contributed by atoms with Gasteiger partial charge in [-0.05, 0) is 48.9 Å². The number of halogens is 1. The van der Waals surface area contributed by atoms with Crippen LogP contribution in [0.1, 0.15) is 25.3 Å². The van der Waals surface area contributed by atoms with Crippen LogP contribution in [0.2, 0.25) is 0 Å². The monoisotopic (exact) mass is 416 g/mol. The zero-order valence-electron chi connectivity index (χ0n) is 14.7. The standard InChI is InChI=1S/C20H21BrN2O3/c1-3-5-19(24)22-16-6-4-7-17(13-16)23-20(25)11-8-14-12-15(21)9-10-18(14)26-2/h4,6-13H,3,5H2,1-2H3,(H,22,24)(H,23,25)/b11-8+. The first kappa shape index (κ1) is 19.7. The van der Waals surface area contributed by atoms with E-state index in [-0.39, 0.29) is 11.8 Å². The van der Waals surface area contributed by atoms with Gasteiger partial charge in [0.1, 0.15) is 5.75 Å². The molecule has 5 nitrogen and oxygen atoms in total. The van der Waals surface area contributed by atoms with E-state index in [0.717, 1.165) is 16.5 Å². The Kier molecular flexibility index (Phi) is 7.41. The van der Waals surface area contributed by atoms with Crippen LogP contribution in [0.5, 0.6) is 5.75 Å².